The maximum absolute atomic E-state index is 12.6. The molecule has 3 aromatic rings. The first-order valence-electron chi connectivity index (χ1n) is 10.2. The van der Waals surface area contributed by atoms with Crippen LogP contribution in [0.3, 0.4) is 0 Å². The lowest BCUT2D eigenvalue weighted by molar-refractivity contribution is 0.249. The Balaban J connectivity index is 0.00000137. The first kappa shape index (κ1) is 28.7. The zero-order valence-electron chi connectivity index (χ0n) is 18.9. The van der Waals surface area contributed by atoms with Gasteiger partial charge in [-0.25, -0.2) is 13.2 Å². The van der Waals surface area contributed by atoms with Crippen LogP contribution in [0.5, 0.6) is 0 Å². The van der Waals surface area contributed by atoms with Crippen molar-refractivity contribution >= 4 is 62.5 Å². The minimum atomic E-state index is -3.78. The zero-order valence-corrected chi connectivity index (χ0v) is 22.0. The molecular formula is C23H25Cl3N4O4S. The van der Waals surface area contributed by atoms with Gasteiger partial charge < -0.3 is 16.4 Å². The van der Waals surface area contributed by atoms with Gasteiger partial charge in [-0.3, -0.25) is 9.01 Å². The molecule has 0 fully saturated rings. The number of hydrogen-bond donors (Lipinski definition) is 4. The first-order valence-corrected chi connectivity index (χ1v) is 12.7. The van der Waals surface area contributed by atoms with Gasteiger partial charge in [-0.15, -0.1) is 0 Å². The van der Waals surface area contributed by atoms with Crippen molar-refractivity contribution in [1.82, 2.24) is 5.32 Å². The van der Waals surface area contributed by atoms with E-state index in [4.69, 9.17) is 28.9 Å². The van der Waals surface area contributed by atoms with Crippen LogP contribution in [0.25, 0.3) is 0 Å². The van der Waals surface area contributed by atoms with Gasteiger partial charge in [0.15, 0.2) is 0 Å². The van der Waals surface area contributed by atoms with Crippen molar-refractivity contribution in [2.24, 2.45) is 5.73 Å². The number of urea groups is 1. The summed E-state index contributed by atoms with van der Waals surface area (Å²) in [5.41, 5.74) is 7.99. The fourth-order valence-corrected chi connectivity index (χ4v) is 4.47. The van der Waals surface area contributed by atoms with Crippen molar-refractivity contribution in [3.05, 3.63) is 87.9 Å². The molecule has 0 saturated carbocycles. The van der Waals surface area contributed by atoms with E-state index in [-0.39, 0.29) is 4.90 Å². The molecule has 35 heavy (non-hydrogen) atoms. The second kappa shape index (κ2) is 13.5. The summed E-state index contributed by atoms with van der Waals surface area (Å²) in [4.78, 5) is 12.4. The normalized spacial score (nSPS) is 11.6. The van der Waals surface area contributed by atoms with E-state index < -0.39 is 22.1 Å². The first-order chi connectivity index (χ1) is 16.6. The lowest BCUT2D eigenvalue weighted by Gasteiger charge is -2.17. The predicted molar refractivity (Wildman–Crippen MR) is 141 cm³/mol. The molecule has 0 aliphatic carbocycles. The van der Waals surface area contributed by atoms with E-state index >= 15 is 0 Å². The number of carbonyl (C=O) groups is 1. The largest absolute Gasteiger partial charge is 0.331 e. The number of carbonyl (C=O) groups excluding carboxylic acids is 1. The third-order valence-corrected chi connectivity index (χ3v) is 6.89. The molecule has 0 radical (unpaired) electrons. The maximum atomic E-state index is 12.6. The Bertz CT molecular complexity index is 1220. The van der Waals surface area contributed by atoms with Gasteiger partial charge in [-0.1, -0.05) is 47.5 Å². The van der Waals surface area contributed by atoms with E-state index in [2.05, 4.69) is 31.5 Å². The van der Waals surface area contributed by atoms with E-state index in [1.807, 2.05) is 0 Å². The molecule has 0 spiro atoms. The van der Waals surface area contributed by atoms with Crippen LogP contribution in [-0.4, -0.2) is 21.6 Å². The highest BCUT2D eigenvalue weighted by Gasteiger charge is 2.16. The van der Waals surface area contributed by atoms with E-state index in [1.165, 1.54) is 31.4 Å². The van der Waals surface area contributed by atoms with Gasteiger partial charge in [-0.05, 0) is 60.5 Å². The SMILES string of the molecule is CC(NC(=O)Nc1ccc(S(=O)(=O)Nc2ccc(CN)cc2)cc1)c1cccc(Cl)c1Cl.COCl. The molecule has 3 rings (SSSR count). The van der Waals surface area contributed by atoms with E-state index in [0.717, 1.165) is 5.56 Å². The second-order valence-corrected chi connectivity index (χ2v) is 9.92. The molecule has 5 N–H and O–H groups in total. The number of nitrogens with one attached hydrogen (secondary N) is 3. The average molecular weight is 560 g/mol. The number of benzene rings is 3. The second-order valence-electron chi connectivity index (χ2n) is 7.15. The lowest BCUT2D eigenvalue weighted by atomic mass is 10.1. The van der Waals surface area contributed by atoms with Crippen LogP contribution in [-0.2, 0) is 20.9 Å². The number of rotatable bonds is 7. The van der Waals surface area contributed by atoms with Crippen molar-refractivity contribution < 1.29 is 17.5 Å². The molecule has 1 unspecified atom stereocenters. The molecule has 0 aliphatic rings. The van der Waals surface area contributed by atoms with Crippen molar-refractivity contribution in [1.29, 1.82) is 0 Å². The summed E-state index contributed by atoms with van der Waals surface area (Å²) in [5.74, 6) is 0. The smallest absolute Gasteiger partial charge is 0.319 e. The summed E-state index contributed by atoms with van der Waals surface area (Å²) in [5, 5.41) is 6.21. The van der Waals surface area contributed by atoms with Crippen molar-refractivity contribution in [3.63, 3.8) is 0 Å². The summed E-state index contributed by atoms with van der Waals surface area (Å²) >= 11 is 16.7. The Labute approximate surface area is 219 Å². The highest BCUT2D eigenvalue weighted by molar-refractivity contribution is 7.92. The third kappa shape index (κ3) is 8.57. The highest BCUT2D eigenvalue weighted by Crippen LogP contribution is 2.29. The van der Waals surface area contributed by atoms with Gasteiger partial charge in [0.1, 0.15) is 0 Å². The van der Waals surface area contributed by atoms with Crippen molar-refractivity contribution in [2.75, 3.05) is 17.1 Å². The van der Waals surface area contributed by atoms with Crippen LogP contribution < -0.4 is 21.1 Å². The minimum Gasteiger partial charge on any atom is -0.331 e. The van der Waals surface area contributed by atoms with Crippen LogP contribution >= 0.6 is 35.1 Å². The number of sulfonamides is 1. The van der Waals surface area contributed by atoms with E-state index in [9.17, 15) is 13.2 Å². The van der Waals surface area contributed by atoms with E-state index in [1.54, 1.807) is 49.4 Å². The van der Waals surface area contributed by atoms with Gasteiger partial charge >= 0.3 is 6.03 Å². The predicted octanol–water partition coefficient (Wildman–Crippen LogP) is 5.92. The van der Waals surface area contributed by atoms with Gasteiger partial charge in [0, 0.05) is 17.9 Å². The molecule has 8 nitrogen and oxygen atoms in total. The molecule has 0 saturated heterocycles. The number of hydrogen-bond acceptors (Lipinski definition) is 5. The quantitative estimate of drug-likeness (QED) is 0.286. The van der Waals surface area contributed by atoms with Gasteiger partial charge in [0.05, 0.1) is 40.0 Å². The topological polar surface area (TPSA) is 123 Å². The maximum Gasteiger partial charge on any atom is 0.319 e. The number of nitrogens with two attached hydrogens (primary N) is 1. The fourth-order valence-electron chi connectivity index (χ4n) is 2.94. The number of halogens is 3. The summed E-state index contributed by atoms with van der Waals surface area (Å²) in [7, 11) is -2.39. The van der Waals surface area contributed by atoms with Gasteiger partial charge in [0.25, 0.3) is 10.0 Å². The van der Waals surface area contributed by atoms with Crippen molar-refractivity contribution in [2.45, 2.75) is 24.4 Å². The summed E-state index contributed by atoms with van der Waals surface area (Å²) in [6.45, 7) is 2.15. The fraction of sp³-hybridized carbons (Fsp3) is 0.174. The summed E-state index contributed by atoms with van der Waals surface area (Å²) < 4.78 is 31.4. The van der Waals surface area contributed by atoms with Crippen LogP contribution in [0.2, 0.25) is 10.0 Å². The Morgan fingerprint density at radius 2 is 1.57 bits per heavy atom. The monoisotopic (exact) mass is 558 g/mol. The molecule has 3 aromatic carbocycles. The Kier molecular flexibility index (Phi) is 11.1. The standard InChI is InChI=1S/C22H22Cl2N4O3S.CH3ClO/c1-14(19-3-2-4-20(23)21(19)24)26-22(29)27-16-9-11-18(12-10-16)32(30,31)28-17-7-5-15(13-25)6-8-17;1-3-2/h2-12,14,28H,13,25H2,1H3,(H2,26,27,29);1H3. The Morgan fingerprint density at radius 1 is 1.00 bits per heavy atom. The molecule has 188 valence electrons. The molecular weight excluding hydrogens is 535 g/mol. The average Bonchev–Trinajstić information content (AvgIpc) is 2.82. The van der Waals surface area contributed by atoms with Crippen LogP contribution in [0.15, 0.2) is 71.6 Å². The molecule has 2 amide bonds. The highest BCUT2D eigenvalue weighted by atomic mass is 35.5. The van der Waals surface area contributed by atoms with E-state index in [0.29, 0.717) is 33.5 Å². The van der Waals surface area contributed by atoms with Crippen LogP contribution in [0.4, 0.5) is 16.2 Å². The Hall–Kier alpha value is -2.53. The molecule has 0 aromatic heterocycles. The molecule has 0 bridgehead atoms. The van der Waals surface area contributed by atoms with Crippen molar-refractivity contribution in [3.8, 4) is 0 Å². The van der Waals surface area contributed by atoms with Gasteiger partial charge in [0.2, 0.25) is 0 Å². The lowest BCUT2D eigenvalue weighted by Crippen LogP contribution is -2.31. The molecule has 0 aliphatic heterocycles. The molecule has 12 heteroatoms. The third-order valence-electron chi connectivity index (χ3n) is 4.66. The van der Waals surface area contributed by atoms with Crippen LogP contribution in [0, 0.1) is 0 Å². The summed E-state index contributed by atoms with van der Waals surface area (Å²) in [6.07, 6.45) is 0. The molecule has 0 heterocycles. The Morgan fingerprint density at radius 3 is 2.14 bits per heavy atom. The number of amides is 2. The summed E-state index contributed by atoms with van der Waals surface area (Å²) in [6, 6.07) is 16.9. The minimum absolute atomic E-state index is 0.0606. The zero-order chi connectivity index (χ0) is 26.0. The number of anilines is 2. The molecule has 1 atom stereocenters. The van der Waals surface area contributed by atoms with Crippen LogP contribution in [0.1, 0.15) is 24.1 Å². The van der Waals surface area contributed by atoms with Gasteiger partial charge in [-0.2, -0.15) is 0 Å².